The standard InChI is InChI=1S/C17H23FN4S2.HI/c1-3-19-17(20-9-8-16-22-12-13(2)24-16)21-10-11-23-15-7-5-4-6-14(15)18;/h4-7,12H,3,8-11H2,1-2H3,(H2,19,20,21);1H. The van der Waals surface area contributed by atoms with Gasteiger partial charge in [0.15, 0.2) is 5.96 Å². The lowest BCUT2D eigenvalue weighted by Gasteiger charge is -2.11. The SMILES string of the molecule is CCNC(=NCCc1ncc(C)s1)NCCSc1ccccc1F.I. The highest BCUT2D eigenvalue weighted by Crippen LogP contribution is 2.20. The molecule has 0 saturated heterocycles. The van der Waals surface area contributed by atoms with Crippen LogP contribution in [0.15, 0.2) is 40.4 Å². The maximum Gasteiger partial charge on any atom is 0.191 e. The molecule has 2 rings (SSSR count). The lowest BCUT2D eigenvalue weighted by molar-refractivity contribution is 0.602. The fourth-order valence-corrected chi connectivity index (χ4v) is 3.59. The predicted molar refractivity (Wildman–Crippen MR) is 117 cm³/mol. The van der Waals surface area contributed by atoms with Crippen LogP contribution >= 0.6 is 47.1 Å². The van der Waals surface area contributed by atoms with Crippen molar-refractivity contribution in [2.24, 2.45) is 4.99 Å². The molecule has 0 radical (unpaired) electrons. The third kappa shape index (κ3) is 8.37. The minimum Gasteiger partial charge on any atom is -0.357 e. The van der Waals surface area contributed by atoms with Crippen LogP contribution in [0.1, 0.15) is 16.8 Å². The van der Waals surface area contributed by atoms with Crippen LogP contribution in [0, 0.1) is 12.7 Å². The number of thiazole rings is 1. The molecule has 2 aromatic rings. The number of aryl methyl sites for hydroxylation is 1. The summed E-state index contributed by atoms with van der Waals surface area (Å²) in [5.41, 5.74) is 0. The van der Waals surface area contributed by atoms with Gasteiger partial charge in [0.25, 0.3) is 0 Å². The fraction of sp³-hybridized carbons (Fsp3) is 0.412. The van der Waals surface area contributed by atoms with Crippen LogP contribution in [0.2, 0.25) is 0 Å². The van der Waals surface area contributed by atoms with Gasteiger partial charge in [-0.3, -0.25) is 4.99 Å². The number of rotatable bonds is 8. The zero-order valence-corrected chi connectivity index (χ0v) is 18.4. The highest BCUT2D eigenvalue weighted by Gasteiger charge is 2.02. The van der Waals surface area contributed by atoms with Gasteiger partial charge in [-0.1, -0.05) is 12.1 Å². The number of aromatic nitrogens is 1. The predicted octanol–water partition coefficient (Wildman–Crippen LogP) is 4.10. The first kappa shape index (κ1) is 22.2. The first-order valence-corrected chi connectivity index (χ1v) is 9.80. The summed E-state index contributed by atoms with van der Waals surface area (Å²) >= 11 is 3.22. The number of hydrogen-bond acceptors (Lipinski definition) is 4. The summed E-state index contributed by atoms with van der Waals surface area (Å²) in [5, 5.41) is 7.62. The van der Waals surface area contributed by atoms with Crippen molar-refractivity contribution in [1.82, 2.24) is 15.6 Å². The monoisotopic (exact) mass is 494 g/mol. The number of nitrogens with one attached hydrogen (secondary N) is 2. The van der Waals surface area contributed by atoms with Gasteiger partial charge in [-0.05, 0) is 26.0 Å². The fourth-order valence-electron chi connectivity index (χ4n) is 2.01. The molecule has 1 aromatic carbocycles. The zero-order chi connectivity index (χ0) is 17.2. The molecule has 0 atom stereocenters. The van der Waals surface area contributed by atoms with Gasteiger partial charge in [0, 0.05) is 47.8 Å². The van der Waals surface area contributed by atoms with E-state index in [1.54, 1.807) is 23.5 Å². The van der Waals surface area contributed by atoms with E-state index in [1.165, 1.54) is 22.7 Å². The number of guanidine groups is 1. The van der Waals surface area contributed by atoms with Gasteiger partial charge in [0.1, 0.15) is 5.82 Å². The zero-order valence-electron chi connectivity index (χ0n) is 14.4. The number of nitrogens with zero attached hydrogens (tertiary/aromatic N) is 2. The number of thioether (sulfide) groups is 1. The van der Waals surface area contributed by atoms with Crippen molar-refractivity contribution in [3.05, 3.63) is 46.2 Å². The molecule has 0 fully saturated rings. The summed E-state index contributed by atoms with van der Waals surface area (Å²) in [7, 11) is 0. The highest BCUT2D eigenvalue weighted by molar-refractivity contribution is 14.0. The van der Waals surface area contributed by atoms with E-state index in [0.29, 0.717) is 11.4 Å². The van der Waals surface area contributed by atoms with E-state index in [1.807, 2.05) is 19.2 Å². The second kappa shape index (κ2) is 12.5. The van der Waals surface area contributed by atoms with E-state index in [0.717, 1.165) is 36.2 Å². The molecule has 0 amide bonds. The Morgan fingerprint density at radius 3 is 2.80 bits per heavy atom. The van der Waals surface area contributed by atoms with Gasteiger partial charge in [-0.15, -0.1) is 47.1 Å². The second-order valence-corrected chi connectivity index (χ2v) is 7.54. The van der Waals surface area contributed by atoms with Gasteiger partial charge in [-0.2, -0.15) is 0 Å². The molecule has 0 aliphatic carbocycles. The maximum absolute atomic E-state index is 13.5. The van der Waals surface area contributed by atoms with Crippen LogP contribution in [0.25, 0.3) is 0 Å². The summed E-state index contributed by atoms with van der Waals surface area (Å²) < 4.78 is 13.5. The largest absolute Gasteiger partial charge is 0.357 e. The Balaban J connectivity index is 0.00000312. The minimum absolute atomic E-state index is 0. The molecule has 2 N–H and O–H groups in total. The molecule has 0 bridgehead atoms. The van der Waals surface area contributed by atoms with Crippen LogP contribution in [-0.2, 0) is 6.42 Å². The van der Waals surface area contributed by atoms with Crippen molar-refractivity contribution >= 4 is 53.0 Å². The molecule has 138 valence electrons. The first-order valence-electron chi connectivity index (χ1n) is 8.00. The Kier molecular flexibility index (Phi) is 11.1. The van der Waals surface area contributed by atoms with Gasteiger partial charge in [0.05, 0.1) is 5.01 Å². The molecule has 8 heteroatoms. The quantitative estimate of drug-likeness (QED) is 0.191. The molecule has 0 aliphatic heterocycles. The third-order valence-corrected chi connectivity index (χ3v) is 5.12. The smallest absolute Gasteiger partial charge is 0.191 e. The molecule has 25 heavy (non-hydrogen) atoms. The van der Waals surface area contributed by atoms with Crippen LogP contribution in [0.4, 0.5) is 4.39 Å². The molecule has 0 spiro atoms. The van der Waals surface area contributed by atoms with Crippen LogP contribution < -0.4 is 10.6 Å². The van der Waals surface area contributed by atoms with Crippen molar-refractivity contribution in [2.75, 3.05) is 25.4 Å². The summed E-state index contributed by atoms with van der Waals surface area (Å²) in [6, 6.07) is 6.85. The van der Waals surface area contributed by atoms with Crippen molar-refractivity contribution in [3.8, 4) is 0 Å². The highest BCUT2D eigenvalue weighted by atomic mass is 127. The molecule has 0 saturated carbocycles. The molecule has 1 heterocycles. The van der Waals surface area contributed by atoms with Crippen molar-refractivity contribution in [1.29, 1.82) is 0 Å². The average Bonchev–Trinajstić information content (AvgIpc) is 2.98. The summed E-state index contributed by atoms with van der Waals surface area (Å²) in [6.45, 7) is 6.32. The summed E-state index contributed by atoms with van der Waals surface area (Å²) in [5.74, 6) is 1.40. The Bertz CT molecular complexity index is 664. The summed E-state index contributed by atoms with van der Waals surface area (Å²) in [6.07, 6.45) is 2.74. The van der Waals surface area contributed by atoms with E-state index in [9.17, 15) is 4.39 Å². The molecular formula is C17H24FIN4S2. The second-order valence-electron chi connectivity index (χ2n) is 5.08. The van der Waals surface area contributed by atoms with Crippen LogP contribution in [0.5, 0.6) is 0 Å². The average molecular weight is 494 g/mol. The van der Waals surface area contributed by atoms with Crippen molar-refractivity contribution < 1.29 is 4.39 Å². The molecular weight excluding hydrogens is 470 g/mol. The number of benzene rings is 1. The molecule has 1 aromatic heterocycles. The summed E-state index contributed by atoms with van der Waals surface area (Å²) in [4.78, 5) is 10.8. The number of halogens is 2. The van der Waals surface area contributed by atoms with Gasteiger partial charge < -0.3 is 10.6 Å². The Morgan fingerprint density at radius 2 is 2.12 bits per heavy atom. The van der Waals surface area contributed by atoms with Crippen LogP contribution in [-0.4, -0.2) is 36.3 Å². The lowest BCUT2D eigenvalue weighted by Crippen LogP contribution is -2.38. The third-order valence-electron chi connectivity index (χ3n) is 3.10. The van der Waals surface area contributed by atoms with Crippen LogP contribution in [0.3, 0.4) is 0 Å². The Morgan fingerprint density at radius 1 is 1.32 bits per heavy atom. The van der Waals surface area contributed by atoms with Gasteiger partial charge in [0.2, 0.25) is 0 Å². The molecule has 4 nitrogen and oxygen atoms in total. The molecule has 0 aliphatic rings. The van der Waals surface area contributed by atoms with Gasteiger partial charge >= 0.3 is 0 Å². The van der Waals surface area contributed by atoms with E-state index in [2.05, 4.69) is 27.5 Å². The maximum atomic E-state index is 13.5. The van der Waals surface area contributed by atoms with Crippen molar-refractivity contribution in [2.45, 2.75) is 25.2 Å². The normalized spacial score (nSPS) is 11.1. The van der Waals surface area contributed by atoms with E-state index < -0.39 is 0 Å². The Hall–Kier alpha value is -0.870. The first-order chi connectivity index (χ1) is 11.7. The van der Waals surface area contributed by atoms with E-state index >= 15 is 0 Å². The van der Waals surface area contributed by atoms with E-state index in [-0.39, 0.29) is 29.8 Å². The minimum atomic E-state index is -0.165. The number of aliphatic imine (C=N–C) groups is 1. The topological polar surface area (TPSA) is 49.3 Å². The van der Waals surface area contributed by atoms with Gasteiger partial charge in [-0.25, -0.2) is 9.37 Å². The molecule has 0 unspecified atom stereocenters. The lowest BCUT2D eigenvalue weighted by atomic mass is 10.3. The number of hydrogen-bond donors (Lipinski definition) is 2. The van der Waals surface area contributed by atoms with E-state index in [4.69, 9.17) is 0 Å². The van der Waals surface area contributed by atoms with Crippen molar-refractivity contribution in [3.63, 3.8) is 0 Å². The Labute approximate surface area is 174 Å².